The van der Waals surface area contributed by atoms with Gasteiger partial charge in [0.2, 0.25) is 0 Å². The third-order valence-electron chi connectivity index (χ3n) is 32.4. The lowest BCUT2D eigenvalue weighted by molar-refractivity contribution is 0.475. The second-order valence-corrected chi connectivity index (χ2v) is 41.3. The van der Waals surface area contributed by atoms with Crippen molar-refractivity contribution in [3.63, 3.8) is 0 Å². The lowest BCUT2D eigenvalue weighted by Crippen LogP contribution is -2.22. The van der Waals surface area contributed by atoms with Gasteiger partial charge in [-0.25, -0.2) is 0 Å². The zero-order chi connectivity index (χ0) is 102. The zero-order valence-corrected chi connectivity index (χ0v) is 85.6. The standard InChI is InChI=1S/C28H20.3C24H18.C17H12.C15H12.C11H10.C6H6O/c1-28(23-13-3-2-4-14-23)26-17-21-11-7-5-9-19(21)15-24(26)25-16-20-10-6-8-12-22(20)18-27(25)28;3*1-24(19-11-3-2-4-12-19)22-14-8-7-13-20(22)21-15-17-9-5-6-10-18(17)16-23(21)24;1-11-5-6-14-8-7-12-3-2-4-13-9-10-15(11)17(14)16(12)13;1-11-6-7-14-9-12-4-2-3-5-13(12)10-15(14)8-11;1-9-6-7-10-4-2-3-5-11(10)8-9;7-6-4-2-1-3-5-6/h2-18H,1H3;3*2-16H,1H3;2-10H,1H3;2-10H,1H3;2-8H,1H3;1-5,7H. The van der Waals surface area contributed by atoms with Crippen molar-refractivity contribution in [3.8, 4) is 50.3 Å². The molecule has 0 fully saturated rings. The molecule has 716 valence electrons. The molecule has 0 spiro atoms. The highest BCUT2D eigenvalue weighted by molar-refractivity contribution is 6.23. The molecule has 0 saturated carbocycles. The Kier molecular flexibility index (Phi) is 24.9. The number of phenolic OH excluding ortho intramolecular Hbond substituents is 1. The molecule has 1 heteroatoms. The minimum atomic E-state index is -0.153. The smallest absolute Gasteiger partial charge is 0.115 e. The maximum atomic E-state index is 8.63. The highest BCUT2D eigenvalue weighted by atomic mass is 16.3. The average Bonchev–Trinajstić information content (AvgIpc) is 1.46. The third kappa shape index (κ3) is 17.1. The van der Waals surface area contributed by atoms with Crippen LogP contribution in [0, 0.1) is 20.8 Å². The van der Waals surface area contributed by atoms with E-state index in [1.807, 2.05) is 6.07 Å². The third-order valence-corrected chi connectivity index (χ3v) is 32.4. The van der Waals surface area contributed by atoms with E-state index in [2.05, 4.69) is 576 Å². The number of fused-ring (bicyclic) bond motifs is 20. The van der Waals surface area contributed by atoms with Crippen LogP contribution >= 0.6 is 0 Å². The largest absolute Gasteiger partial charge is 0.508 e. The van der Waals surface area contributed by atoms with Crippen LogP contribution in [0.15, 0.2) is 558 Å². The Labute approximate surface area is 879 Å². The van der Waals surface area contributed by atoms with Gasteiger partial charge in [-0.1, -0.05) is 484 Å². The highest BCUT2D eigenvalue weighted by Gasteiger charge is 2.45. The minimum Gasteiger partial charge on any atom is -0.508 e. The van der Waals surface area contributed by atoms with Gasteiger partial charge in [0.25, 0.3) is 0 Å². The van der Waals surface area contributed by atoms with E-state index in [-0.39, 0.29) is 21.7 Å². The molecule has 27 aromatic carbocycles. The molecule has 0 bridgehead atoms. The summed E-state index contributed by atoms with van der Waals surface area (Å²) in [4.78, 5) is 0. The number of aromatic hydroxyl groups is 1. The maximum absolute atomic E-state index is 8.63. The summed E-state index contributed by atoms with van der Waals surface area (Å²) in [5, 5.41) is 37.9. The van der Waals surface area contributed by atoms with Gasteiger partial charge in [0.1, 0.15) is 5.75 Å². The summed E-state index contributed by atoms with van der Waals surface area (Å²) in [6, 6.07) is 200. The predicted octanol–water partition coefficient (Wildman–Crippen LogP) is 39.6. The number of para-hydroxylation sites is 1. The van der Waals surface area contributed by atoms with Gasteiger partial charge in [0.05, 0.1) is 0 Å². The number of hydrogen-bond acceptors (Lipinski definition) is 1. The summed E-state index contributed by atoms with van der Waals surface area (Å²) in [6.07, 6.45) is 0. The van der Waals surface area contributed by atoms with Crippen molar-refractivity contribution >= 4 is 118 Å². The number of hydrogen-bond donors (Lipinski definition) is 1. The fourth-order valence-corrected chi connectivity index (χ4v) is 24.4. The molecular formula is C149H114O. The summed E-state index contributed by atoms with van der Waals surface area (Å²) in [7, 11) is 0. The number of aryl methyl sites for hydroxylation is 3. The molecule has 27 aromatic rings. The van der Waals surface area contributed by atoms with Gasteiger partial charge in [-0.15, -0.1) is 0 Å². The van der Waals surface area contributed by atoms with Crippen LogP contribution in [0.5, 0.6) is 5.75 Å². The molecule has 0 saturated heterocycles. The Morgan fingerprint density at radius 1 is 0.140 bits per heavy atom. The van der Waals surface area contributed by atoms with Crippen molar-refractivity contribution in [2.24, 2.45) is 0 Å². The van der Waals surface area contributed by atoms with E-state index >= 15 is 0 Å². The zero-order valence-electron chi connectivity index (χ0n) is 85.6. The van der Waals surface area contributed by atoms with Crippen LogP contribution in [0.3, 0.4) is 0 Å². The first-order valence-corrected chi connectivity index (χ1v) is 52.4. The first-order chi connectivity index (χ1) is 73.5. The highest BCUT2D eigenvalue weighted by Crippen LogP contribution is 2.59. The van der Waals surface area contributed by atoms with Gasteiger partial charge in [-0.05, 0) is 369 Å². The van der Waals surface area contributed by atoms with Crippen molar-refractivity contribution in [1.82, 2.24) is 0 Å². The van der Waals surface area contributed by atoms with Crippen molar-refractivity contribution in [2.45, 2.75) is 70.1 Å². The number of benzene rings is 27. The molecule has 4 aliphatic rings. The van der Waals surface area contributed by atoms with E-state index in [0.29, 0.717) is 5.75 Å². The van der Waals surface area contributed by atoms with Crippen LogP contribution < -0.4 is 0 Å². The first kappa shape index (κ1) is 94.2. The van der Waals surface area contributed by atoms with Gasteiger partial charge in [0.15, 0.2) is 0 Å². The molecule has 3 atom stereocenters. The summed E-state index contributed by atoms with van der Waals surface area (Å²) in [6.45, 7) is 15.9. The van der Waals surface area contributed by atoms with Crippen molar-refractivity contribution in [2.75, 3.05) is 0 Å². The number of phenols is 1. The Balaban J connectivity index is 0.0000000933. The Hall–Kier alpha value is -18.1. The lowest BCUT2D eigenvalue weighted by atomic mass is 9.73. The number of rotatable bonds is 4. The van der Waals surface area contributed by atoms with E-state index in [0.717, 1.165) is 0 Å². The Morgan fingerprint density at radius 2 is 0.353 bits per heavy atom. The molecule has 0 aromatic heterocycles. The molecule has 0 heterocycles. The van der Waals surface area contributed by atoms with Crippen LogP contribution in [0.4, 0.5) is 0 Å². The normalized spacial score (nSPS) is 15.1. The van der Waals surface area contributed by atoms with Gasteiger partial charge in [-0.3, -0.25) is 0 Å². The fourth-order valence-electron chi connectivity index (χ4n) is 24.4. The van der Waals surface area contributed by atoms with Crippen LogP contribution in [-0.4, -0.2) is 5.11 Å². The SMILES string of the molecule is CC1(c2ccccc2)c2cc3ccccc3cc2-c2cc3ccccc3cc21.CC1(c2ccccc2)c2ccccc2-c2cc3ccccc3cc21.CC1(c2ccccc2)c2ccccc2-c2cc3ccccc3cc21.CC1(c2ccccc2)c2ccccc2-c2cc3ccccc3cc21.Cc1ccc2cc3ccccc3cc2c1.Cc1ccc2ccc3cccc4ccc1c2c34.Cc1ccc2ccccc2c1.Oc1ccccc1. The maximum Gasteiger partial charge on any atom is 0.115 e. The average molecular weight is 1920 g/mol. The topological polar surface area (TPSA) is 20.2 Å². The lowest BCUT2D eigenvalue weighted by Gasteiger charge is -2.28. The van der Waals surface area contributed by atoms with Gasteiger partial charge >= 0.3 is 0 Å². The molecule has 4 aliphatic carbocycles. The Morgan fingerprint density at radius 3 is 0.680 bits per heavy atom. The van der Waals surface area contributed by atoms with Gasteiger partial charge < -0.3 is 5.11 Å². The summed E-state index contributed by atoms with van der Waals surface area (Å²) >= 11 is 0. The van der Waals surface area contributed by atoms with E-state index < -0.39 is 0 Å². The molecule has 3 unspecified atom stereocenters. The fraction of sp³-hybridized carbons (Fsp3) is 0.0738. The van der Waals surface area contributed by atoms with Crippen molar-refractivity contribution in [3.05, 3.63) is 642 Å². The molecule has 150 heavy (non-hydrogen) atoms. The van der Waals surface area contributed by atoms with Crippen LogP contribution in [0.25, 0.3) is 163 Å². The van der Waals surface area contributed by atoms with Crippen LogP contribution in [0.2, 0.25) is 0 Å². The minimum absolute atomic E-state index is 0.1000. The van der Waals surface area contributed by atoms with E-state index in [1.54, 1.807) is 24.3 Å². The van der Waals surface area contributed by atoms with Gasteiger partial charge in [0, 0.05) is 21.7 Å². The Bertz CT molecular complexity index is 9230. The molecule has 0 amide bonds. The monoisotopic (exact) mass is 1920 g/mol. The summed E-state index contributed by atoms with van der Waals surface area (Å²) < 4.78 is 0. The van der Waals surface area contributed by atoms with Gasteiger partial charge in [-0.2, -0.15) is 0 Å². The van der Waals surface area contributed by atoms with E-state index in [1.165, 1.54) is 246 Å². The second-order valence-electron chi connectivity index (χ2n) is 41.3. The predicted molar refractivity (Wildman–Crippen MR) is 641 cm³/mol. The van der Waals surface area contributed by atoms with E-state index in [4.69, 9.17) is 5.11 Å². The molecule has 0 radical (unpaired) electrons. The summed E-state index contributed by atoms with van der Waals surface area (Å²) in [5.74, 6) is 0.322. The molecule has 31 rings (SSSR count). The van der Waals surface area contributed by atoms with E-state index in [9.17, 15) is 0 Å². The molecular weight excluding hydrogens is 1810 g/mol. The van der Waals surface area contributed by atoms with Crippen molar-refractivity contribution < 1.29 is 5.11 Å². The molecule has 1 N–H and O–H groups in total. The first-order valence-electron chi connectivity index (χ1n) is 52.4. The van der Waals surface area contributed by atoms with Crippen LogP contribution in [0.1, 0.15) is 111 Å². The molecule has 1 nitrogen and oxygen atoms in total. The van der Waals surface area contributed by atoms with Crippen LogP contribution in [-0.2, 0) is 21.7 Å². The molecule has 0 aliphatic heterocycles. The second kappa shape index (κ2) is 39.7. The quantitative estimate of drug-likeness (QED) is 0.138. The van der Waals surface area contributed by atoms with Crippen molar-refractivity contribution in [1.29, 1.82) is 0 Å². The summed E-state index contributed by atoms with van der Waals surface area (Å²) in [5.41, 5.74) is 31.1.